The van der Waals surface area contributed by atoms with Crippen LogP contribution in [0.3, 0.4) is 0 Å². The number of methoxy groups -OCH3 is 1. The van der Waals surface area contributed by atoms with Gasteiger partial charge in [0.1, 0.15) is 11.9 Å². The molecule has 4 atom stereocenters. The molecule has 0 aromatic heterocycles. The lowest BCUT2D eigenvalue weighted by Gasteiger charge is -2.37. The molecule has 0 unspecified atom stereocenters. The first-order chi connectivity index (χ1) is 15.2. The van der Waals surface area contributed by atoms with Gasteiger partial charge in [-0.3, -0.25) is 4.79 Å². The van der Waals surface area contributed by atoms with Crippen molar-refractivity contribution in [3.05, 3.63) is 53.1 Å². The number of hydrogen-bond acceptors (Lipinski definition) is 3. The molecular weight excluding hydrogens is 396 g/mol. The molecule has 1 aromatic carbocycles. The quantitative estimate of drug-likeness (QED) is 0.274. The van der Waals surface area contributed by atoms with Crippen LogP contribution in [0.4, 0.5) is 0 Å². The first-order valence-corrected chi connectivity index (χ1v) is 12.3. The Bertz CT molecular complexity index is 768. The Morgan fingerprint density at radius 1 is 1.09 bits per heavy atom. The fourth-order valence-electron chi connectivity index (χ4n) is 4.70. The Balaban J connectivity index is 2.18. The van der Waals surface area contributed by atoms with Crippen LogP contribution < -0.4 is 4.74 Å². The number of hydrogen-bond donors (Lipinski definition) is 0. The van der Waals surface area contributed by atoms with Crippen LogP contribution >= 0.6 is 0 Å². The predicted octanol–water partition coefficient (Wildman–Crippen LogP) is 7.87. The summed E-state index contributed by atoms with van der Waals surface area (Å²) < 4.78 is 11.6. The van der Waals surface area contributed by atoms with Gasteiger partial charge in [-0.15, -0.1) is 0 Å². The maximum absolute atomic E-state index is 13.5. The summed E-state index contributed by atoms with van der Waals surface area (Å²) in [4.78, 5) is 13.5. The second-order valence-corrected chi connectivity index (χ2v) is 10.2. The van der Waals surface area contributed by atoms with E-state index in [0.29, 0.717) is 24.2 Å². The molecule has 3 nitrogen and oxygen atoms in total. The monoisotopic (exact) mass is 440 g/mol. The van der Waals surface area contributed by atoms with Crippen molar-refractivity contribution in [2.24, 2.45) is 17.8 Å². The van der Waals surface area contributed by atoms with Crippen molar-refractivity contribution in [2.45, 2.75) is 92.1 Å². The highest BCUT2D eigenvalue weighted by Gasteiger charge is 2.35. The zero-order valence-electron chi connectivity index (χ0n) is 21.3. The first-order valence-electron chi connectivity index (χ1n) is 12.3. The summed E-state index contributed by atoms with van der Waals surface area (Å²) in [5.41, 5.74) is 3.66. The number of ether oxygens (including phenoxy) is 2. The van der Waals surface area contributed by atoms with Gasteiger partial charge >= 0.3 is 5.97 Å². The number of carbonyl (C=O) groups is 1. The van der Waals surface area contributed by atoms with Gasteiger partial charge in [0.2, 0.25) is 0 Å². The topological polar surface area (TPSA) is 35.5 Å². The Kier molecular flexibility index (Phi) is 10.5. The van der Waals surface area contributed by atoms with Gasteiger partial charge in [0, 0.05) is 0 Å². The maximum Gasteiger partial charge on any atom is 0.314 e. The van der Waals surface area contributed by atoms with Crippen LogP contribution in [0.2, 0.25) is 0 Å². The minimum atomic E-state index is -0.288. The molecule has 178 valence electrons. The fourth-order valence-corrected chi connectivity index (χ4v) is 4.70. The minimum Gasteiger partial charge on any atom is -0.497 e. The lowest BCUT2D eigenvalue weighted by atomic mass is 9.75. The van der Waals surface area contributed by atoms with Crippen LogP contribution in [-0.4, -0.2) is 19.2 Å². The molecule has 0 bridgehead atoms. The van der Waals surface area contributed by atoms with E-state index in [4.69, 9.17) is 9.47 Å². The van der Waals surface area contributed by atoms with Crippen LogP contribution in [0, 0.1) is 17.8 Å². The maximum atomic E-state index is 13.5. The van der Waals surface area contributed by atoms with Crippen molar-refractivity contribution < 1.29 is 14.3 Å². The van der Waals surface area contributed by atoms with Gasteiger partial charge < -0.3 is 9.47 Å². The number of benzene rings is 1. The summed E-state index contributed by atoms with van der Waals surface area (Å²) in [5.74, 6) is 2.01. The molecule has 3 heteroatoms. The van der Waals surface area contributed by atoms with Crippen LogP contribution in [-0.2, 0) is 9.53 Å². The second kappa shape index (κ2) is 12.9. The third-order valence-electron chi connectivity index (χ3n) is 6.82. The van der Waals surface area contributed by atoms with Crippen molar-refractivity contribution in [3.63, 3.8) is 0 Å². The molecule has 0 saturated heterocycles. The SMILES string of the molecule is COc1ccc([C@@H](C/C=C(\C)CCC=C(C)C)C(=O)O[C@@H]2C[C@H](C)CC[C@H]2C(C)C)cc1. The zero-order chi connectivity index (χ0) is 23.7. The van der Waals surface area contributed by atoms with E-state index in [0.717, 1.165) is 37.0 Å². The van der Waals surface area contributed by atoms with E-state index in [1.807, 2.05) is 24.3 Å². The lowest BCUT2D eigenvalue weighted by molar-refractivity contribution is -0.157. The minimum absolute atomic E-state index is 0.0229. The second-order valence-electron chi connectivity index (χ2n) is 10.2. The van der Waals surface area contributed by atoms with E-state index in [9.17, 15) is 4.79 Å². The summed E-state index contributed by atoms with van der Waals surface area (Å²) in [6, 6.07) is 7.86. The van der Waals surface area contributed by atoms with E-state index in [2.05, 4.69) is 53.7 Å². The van der Waals surface area contributed by atoms with Crippen molar-refractivity contribution in [1.29, 1.82) is 0 Å². The van der Waals surface area contributed by atoms with Gasteiger partial charge in [-0.2, -0.15) is 0 Å². The molecule has 0 radical (unpaired) electrons. The molecule has 0 spiro atoms. The zero-order valence-corrected chi connectivity index (χ0v) is 21.3. The summed E-state index contributed by atoms with van der Waals surface area (Å²) in [6.07, 6.45) is 10.6. The van der Waals surface area contributed by atoms with E-state index in [1.165, 1.54) is 17.6 Å². The van der Waals surface area contributed by atoms with Crippen molar-refractivity contribution >= 4 is 5.97 Å². The van der Waals surface area contributed by atoms with E-state index in [1.54, 1.807) is 7.11 Å². The molecule has 0 N–H and O–H groups in total. The molecule has 0 amide bonds. The molecule has 1 fully saturated rings. The largest absolute Gasteiger partial charge is 0.497 e. The molecule has 1 saturated carbocycles. The summed E-state index contributed by atoms with van der Waals surface area (Å²) in [7, 11) is 1.66. The summed E-state index contributed by atoms with van der Waals surface area (Å²) in [6.45, 7) is 13.2. The normalized spacial score (nSPS) is 22.4. The highest BCUT2D eigenvalue weighted by molar-refractivity contribution is 5.78. The van der Waals surface area contributed by atoms with Gasteiger partial charge in [0.15, 0.2) is 0 Å². The molecule has 2 rings (SSSR count). The Morgan fingerprint density at radius 2 is 1.78 bits per heavy atom. The Morgan fingerprint density at radius 3 is 2.38 bits per heavy atom. The van der Waals surface area contributed by atoms with Gasteiger partial charge in [0.25, 0.3) is 0 Å². The molecular formula is C29H44O3. The number of carbonyl (C=O) groups excluding carboxylic acids is 1. The average Bonchev–Trinajstić information content (AvgIpc) is 2.74. The van der Waals surface area contributed by atoms with Crippen molar-refractivity contribution in [1.82, 2.24) is 0 Å². The smallest absolute Gasteiger partial charge is 0.314 e. The molecule has 1 aromatic rings. The average molecular weight is 441 g/mol. The van der Waals surface area contributed by atoms with Crippen LogP contribution in [0.5, 0.6) is 5.75 Å². The van der Waals surface area contributed by atoms with E-state index < -0.39 is 0 Å². The Labute approximate surface area is 196 Å². The molecule has 32 heavy (non-hydrogen) atoms. The number of allylic oxidation sites excluding steroid dienone is 4. The fraction of sp³-hybridized carbons (Fsp3) is 0.621. The first kappa shape index (κ1) is 26.2. The van der Waals surface area contributed by atoms with Crippen molar-refractivity contribution in [3.8, 4) is 5.75 Å². The number of rotatable bonds is 10. The highest BCUT2D eigenvalue weighted by atomic mass is 16.5. The van der Waals surface area contributed by atoms with E-state index in [-0.39, 0.29) is 18.0 Å². The molecule has 0 heterocycles. The highest BCUT2D eigenvalue weighted by Crippen LogP contribution is 2.37. The van der Waals surface area contributed by atoms with Crippen LogP contribution in [0.15, 0.2) is 47.6 Å². The van der Waals surface area contributed by atoms with Crippen LogP contribution in [0.25, 0.3) is 0 Å². The van der Waals surface area contributed by atoms with E-state index >= 15 is 0 Å². The third kappa shape index (κ3) is 8.15. The van der Waals surface area contributed by atoms with Crippen LogP contribution in [0.1, 0.15) is 91.5 Å². The van der Waals surface area contributed by atoms with Gasteiger partial charge in [-0.1, -0.05) is 62.6 Å². The molecule has 0 aliphatic heterocycles. The molecule has 1 aliphatic rings. The molecule has 1 aliphatic carbocycles. The van der Waals surface area contributed by atoms with Crippen molar-refractivity contribution in [2.75, 3.05) is 7.11 Å². The predicted molar refractivity (Wildman–Crippen MR) is 134 cm³/mol. The number of esters is 1. The third-order valence-corrected chi connectivity index (χ3v) is 6.82. The lowest BCUT2D eigenvalue weighted by Crippen LogP contribution is -2.37. The summed E-state index contributed by atoms with van der Waals surface area (Å²) in [5, 5.41) is 0. The summed E-state index contributed by atoms with van der Waals surface area (Å²) >= 11 is 0. The van der Waals surface area contributed by atoms with Gasteiger partial charge in [0.05, 0.1) is 13.0 Å². The van der Waals surface area contributed by atoms with Gasteiger partial charge in [-0.25, -0.2) is 0 Å². The standard InChI is InChI=1S/C29H44O3/c1-20(2)9-8-10-22(5)11-18-27(24-13-15-25(31-7)16-14-24)29(30)32-28-19-23(6)12-17-26(28)21(3)4/h9,11,13-16,21,23,26-28H,8,10,12,17-19H2,1-7H3/b22-11+/t23-,26+,27-,28-/m1/s1. The van der Waals surface area contributed by atoms with Gasteiger partial charge in [-0.05, 0) is 88.3 Å². The Hall–Kier alpha value is -2.03.